The second kappa shape index (κ2) is 65.3. The highest BCUT2D eigenvalue weighted by Gasteiger charge is 2.27. The van der Waals surface area contributed by atoms with Crippen molar-refractivity contribution in [2.24, 2.45) is 0 Å². The van der Waals surface area contributed by atoms with E-state index in [0.717, 1.165) is 128 Å². The lowest BCUT2D eigenvalue weighted by atomic mass is 10.0. The minimum atomic E-state index is -4.40. The fourth-order valence-corrected chi connectivity index (χ4v) is 9.88. The molecular weight excluding hydrogens is 1090 g/mol. The molecule has 0 aliphatic carbocycles. The Bertz CT molecular complexity index is 1960. The molecule has 0 fully saturated rings. The molecule has 490 valence electrons. The van der Waals surface area contributed by atoms with Crippen LogP contribution in [0.2, 0.25) is 0 Å². The number of rotatable bonds is 62. The van der Waals surface area contributed by atoms with Crippen LogP contribution in [-0.2, 0) is 32.7 Å². The summed E-state index contributed by atoms with van der Waals surface area (Å²) >= 11 is 0. The fourth-order valence-electron chi connectivity index (χ4n) is 9.14. The number of hydrogen-bond donors (Lipinski definition) is 1. The van der Waals surface area contributed by atoms with Crippen LogP contribution >= 0.6 is 7.82 Å². The zero-order chi connectivity index (χ0) is 62.6. The number of likely N-dealkylation sites (N-methyl/N-ethyl adjacent to an activating group) is 1. The summed E-state index contributed by atoms with van der Waals surface area (Å²) < 4.78 is 34.7. The Balaban J connectivity index is 4.03. The molecule has 0 aromatic heterocycles. The van der Waals surface area contributed by atoms with Gasteiger partial charge in [-0.3, -0.25) is 18.6 Å². The van der Waals surface area contributed by atoms with Gasteiger partial charge in [0, 0.05) is 12.8 Å². The van der Waals surface area contributed by atoms with Crippen LogP contribution in [0.1, 0.15) is 271 Å². The predicted octanol–water partition coefficient (Wildman–Crippen LogP) is 22.6. The summed E-state index contributed by atoms with van der Waals surface area (Å²) in [6.45, 7) is 4.20. The van der Waals surface area contributed by atoms with Crippen molar-refractivity contribution in [1.82, 2.24) is 0 Å². The maximum atomic E-state index is 12.9. The molecular formula is C76H129NO8P+. The molecule has 9 nitrogen and oxygen atoms in total. The number of esters is 2. The molecule has 86 heavy (non-hydrogen) atoms. The van der Waals surface area contributed by atoms with Crippen LogP contribution in [0.3, 0.4) is 0 Å². The lowest BCUT2D eigenvalue weighted by Crippen LogP contribution is -2.37. The highest BCUT2D eigenvalue weighted by atomic mass is 31.2. The van der Waals surface area contributed by atoms with Gasteiger partial charge >= 0.3 is 19.8 Å². The van der Waals surface area contributed by atoms with Crippen molar-refractivity contribution >= 4 is 19.8 Å². The van der Waals surface area contributed by atoms with Gasteiger partial charge in [0.2, 0.25) is 0 Å². The lowest BCUT2D eigenvalue weighted by Gasteiger charge is -2.24. The highest BCUT2D eigenvalue weighted by Crippen LogP contribution is 2.43. The van der Waals surface area contributed by atoms with Crippen molar-refractivity contribution in [1.29, 1.82) is 0 Å². The van der Waals surface area contributed by atoms with E-state index in [1.807, 2.05) is 21.1 Å². The van der Waals surface area contributed by atoms with Crippen molar-refractivity contribution in [2.75, 3.05) is 47.5 Å². The summed E-state index contributed by atoms with van der Waals surface area (Å²) in [6, 6.07) is 0. The van der Waals surface area contributed by atoms with Gasteiger partial charge in [-0.2, -0.15) is 0 Å². The van der Waals surface area contributed by atoms with Gasteiger partial charge in [-0.25, -0.2) is 4.57 Å². The largest absolute Gasteiger partial charge is 0.472 e. The Morgan fingerprint density at radius 2 is 0.628 bits per heavy atom. The van der Waals surface area contributed by atoms with Gasteiger partial charge in [-0.15, -0.1) is 0 Å². The Kier molecular flexibility index (Phi) is 62.2. The molecule has 0 amide bonds. The van der Waals surface area contributed by atoms with Gasteiger partial charge in [0.1, 0.15) is 19.8 Å². The second-order valence-electron chi connectivity index (χ2n) is 23.8. The first-order valence-corrected chi connectivity index (χ1v) is 36.1. The molecule has 0 spiro atoms. The molecule has 2 atom stereocenters. The summed E-state index contributed by atoms with van der Waals surface area (Å²) in [5, 5.41) is 0. The summed E-state index contributed by atoms with van der Waals surface area (Å²) in [5.41, 5.74) is 0. The number of phosphoric acid groups is 1. The Hall–Kier alpha value is -4.11. The van der Waals surface area contributed by atoms with Crippen molar-refractivity contribution < 1.29 is 42.1 Å². The molecule has 1 N–H and O–H groups in total. The molecule has 0 aliphatic heterocycles. The van der Waals surface area contributed by atoms with E-state index in [-0.39, 0.29) is 32.0 Å². The van der Waals surface area contributed by atoms with Crippen molar-refractivity contribution in [3.05, 3.63) is 146 Å². The van der Waals surface area contributed by atoms with E-state index in [4.69, 9.17) is 18.5 Å². The molecule has 0 radical (unpaired) electrons. The second-order valence-corrected chi connectivity index (χ2v) is 25.3. The van der Waals surface area contributed by atoms with Crippen LogP contribution in [0.15, 0.2) is 146 Å². The van der Waals surface area contributed by atoms with E-state index >= 15 is 0 Å². The molecule has 0 bridgehead atoms. The smallest absolute Gasteiger partial charge is 0.462 e. The molecule has 0 aliphatic rings. The van der Waals surface area contributed by atoms with Crippen LogP contribution in [0.4, 0.5) is 0 Å². The average Bonchev–Trinajstić information content (AvgIpc) is 3.70. The molecule has 0 saturated heterocycles. The zero-order valence-corrected chi connectivity index (χ0v) is 56.6. The topological polar surface area (TPSA) is 108 Å². The van der Waals surface area contributed by atoms with Crippen LogP contribution in [0, 0.1) is 0 Å². The van der Waals surface area contributed by atoms with Gasteiger partial charge in [0.05, 0.1) is 27.7 Å². The monoisotopic (exact) mass is 1210 g/mol. The highest BCUT2D eigenvalue weighted by molar-refractivity contribution is 7.47. The fraction of sp³-hybridized carbons (Fsp3) is 0.658. The zero-order valence-electron chi connectivity index (χ0n) is 55.7. The Morgan fingerprint density at radius 1 is 0.360 bits per heavy atom. The third-order valence-electron chi connectivity index (χ3n) is 14.4. The summed E-state index contributed by atoms with van der Waals surface area (Å²) in [7, 11) is 1.46. The summed E-state index contributed by atoms with van der Waals surface area (Å²) in [6.07, 6.45) is 96.6. The van der Waals surface area contributed by atoms with Gasteiger partial charge < -0.3 is 18.9 Å². The molecule has 2 unspecified atom stereocenters. The quantitative estimate of drug-likeness (QED) is 0.0211. The van der Waals surface area contributed by atoms with Crippen molar-refractivity contribution in [3.8, 4) is 0 Å². The van der Waals surface area contributed by atoms with E-state index in [1.54, 1.807) is 0 Å². The lowest BCUT2D eigenvalue weighted by molar-refractivity contribution is -0.870. The van der Waals surface area contributed by atoms with Gasteiger partial charge in [0.25, 0.3) is 0 Å². The summed E-state index contributed by atoms with van der Waals surface area (Å²) in [4.78, 5) is 35.8. The van der Waals surface area contributed by atoms with Gasteiger partial charge in [-0.05, 0) is 116 Å². The molecule has 0 saturated carbocycles. The van der Waals surface area contributed by atoms with Crippen LogP contribution in [0.5, 0.6) is 0 Å². The number of hydrogen-bond acceptors (Lipinski definition) is 7. The number of carbonyl (C=O) groups is 2. The van der Waals surface area contributed by atoms with Gasteiger partial charge in [0.15, 0.2) is 6.10 Å². The standard InChI is InChI=1S/C76H128NO8P/c1-6-8-10-12-14-16-18-20-22-24-26-28-29-30-31-32-33-34-35-36-37-38-39-40-41-42-43-44-45-46-47-49-51-53-55-57-59-61-63-65-67-69-76(79)85-74(73-84-86(80,81)83-71-70-77(3,4)5)72-82-75(78)68-66-64-62-60-58-56-54-52-50-48-27-25-23-21-19-17-15-13-11-9-7-2/h8-11,14-17,20-23,26-28,30-31,33-34,36-37,39-40,48,74H,6-7,12-13,18-19,24-25,29,32,35,38,41-47,49-73H2,1-5H3/p+1/b10-8-,11-9-,16-14-,17-15-,22-20-,23-21-,28-26-,31-30-,34-33-,37-36-,40-39-,48-27-. The SMILES string of the molecule is CC/C=C\C/C=C\C/C=C\C/C=C\C/C=C\C/C=C\C/C=C\C/C=C\CCCCCCCCCCCCCCCCCCC(=O)OC(COC(=O)CCCCCCCCCC/C=C\C/C=C\C/C=C\C/C=C\CC)COP(=O)(O)OCC[N+](C)(C)C. The maximum absolute atomic E-state index is 12.9. The average molecular weight is 1220 g/mol. The number of unbranched alkanes of at least 4 members (excludes halogenated alkanes) is 24. The minimum Gasteiger partial charge on any atom is -0.462 e. The Labute approximate surface area is 529 Å². The molecule has 0 rings (SSSR count). The third-order valence-corrected chi connectivity index (χ3v) is 15.3. The number of carbonyl (C=O) groups excluding carboxylic acids is 2. The molecule has 10 heteroatoms. The first-order chi connectivity index (χ1) is 42.0. The van der Waals surface area contributed by atoms with E-state index in [0.29, 0.717) is 17.4 Å². The first-order valence-electron chi connectivity index (χ1n) is 34.6. The van der Waals surface area contributed by atoms with Crippen molar-refractivity contribution in [3.63, 3.8) is 0 Å². The van der Waals surface area contributed by atoms with E-state index < -0.39 is 26.5 Å². The molecule has 0 aromatic carbocycles. The minimum absolute atomic E-state index is 0.0248. The number of ether oxygens (including phenoxy) is 2. The van der Waals surface area contributed by atoms with E-state index in [9.17, 15) is 19.0 Å². The third kappa shape index (κ3) is 69.0. The van der Waals surface area contributed by atoms with E-state index in [2.05, 4.69) is 160 Å². The van der Waals surface area contributed by atoms with Crippen LogP contribution < -0.4 is 0 Å². The number of quaternary nitrogens is 1. The number of nitrogens with zero attached hydrogens (tertiary/aromatic N) is 1. The van der Waals surface area contributed by atoms with Gasteiger partial charge in [-0.1, -0.05) is 288 Å². The Morgan fingerprint density at radius 3 is 0.930 bits per heavy atom. The normalized spacial score (nSPS) is 14.1. The summed E-state index contributed by atoms with van der Waals surface area (Å²) in [5.74, 6) is -0.808. The van der Waals surface area contributed by atoms with Crippen LogP contribution in [0.25, 0.3) is 0 Å². The molecule has 0 heterocycles. The van der Waals surface area contributed by atoms with Crippen LogP contribution in [-0.4, -0.2) is 74.9 Å². The predicted molar refractivity (Wildman–Crippen MR) is 371 cm³/mol. The maximum Gasteiger partial charge on any atom is 0.472 e. The van der Waals surface area contributed by atoms with E-state index in [1.165, 1.54) is 109 Å². The molecule has 0 aromatic rings. The van der Waals surface area contributed by atoms with Crippen molar-refractivity contribution in [2.45, 2.75) is 277 Å². The number of phosphoric ester groups is 1. The first kappa shape index (κ1) is 81.9. The number of allylic oxidation sites excluding steroid dienone is 24.